The lowest BCUT2D eigenvalue weighted by atomic mass is 10.1. The average Bonchev–Trinajstić information content (AvgIpc) is 3.64. The van der Waals surface area contributed by atoms with E-state index < -0.39 is 23.6 Å². The van der Waals surface area contributed by atoms with Gasteiger partial charge in [-0.25, -0.2) is 13.8 Å². The quantitative estimate of drug-likeness (QED) is 0.280. The largest absolute Gasteiger partial charge is 0.462 e. The lowest BCUT2D eigenvalue weighted by Gasteiger charge is -2.41. The highest BCUT2D eigenvalue weighted by molar-refractivity contribution is 7.17. The van der Waals surface area contributed by atoms with Gasteiger partial charge in [-0.2, -0.15) is 15.2 Å². The van der Waals surface area contributed by atoms with E-state index in [9.17, 15) is 14.4 Å². The van der Waals surface area contributed by atoms with Crippen molar-refractivity contribution in [3.8, 4) is 23.3 Å². The van der Waals surface area contributed by atoms with E-state index in [2.05, 4.69) is 34.6 Å². The summed E-state index contributed by atoms with van der Waals surface area (Å²) in [6, 6.07) is 10.8. The highest BCUT2D eigenvalue weighted by Crippen LogP contribution is 2.36. The van der Waals surface area contributed by atoms with Gasteiger partial charge < -0.3 is 19.4 Å². The third-order valence-electron chi connectivity index (χ3n) is 8.03. The maximum absolute atomic E-state index is 15.8. The first-order chi connectivity index (χ1) is 20.3. The number of aromatic nitrogens is 3. The zero-order valence-corrected chi connectivity index (χ0v) is 23.9. The molecule has 3 aromatic heterocycles. The van der Waals surface area contributed by atoms with Crippen molar-refractivity contribution in [3.05, 3.63) is 53.9 Å². The highest BCUT2D eigenvalue weighted by Gasteiger charge is 2.33. The summed E-state index contributed by atoms with van der Waals surface area (Å²) in [4.78, 5) is 31.8. The molecule has 6 rings (SSSR count). The minimum atomic E-state index is -1.08. The first-order valence-electron chi connectivity index (χ1n) is 13.8. The van der Waals surface area contributed by atoms with Crippen molar-refractivity contribution in [2.75, 3.05) is 44.7 Å². The topological polar surface area (TPSA) is 98.5 Å². The standard InChI is InChI=1S/C30H29F2N7O2S/c1-18(31)29(40)39-13-12-38(16-19(39)8-10-33)28-23-15-24(32)26(22-6-3-7-25-21(22)9-14-42-25)34-27(23)35-30(36-28)41-17-20-5-4-11-37(20)2/h3,6-7,9,14-15,19-20H,1,4-5,8,11-13,16-17H2,2H3. The molecule has 4 aromatic rings. The van der Waals surface area contributed by atoms with Crippen LogP contribution in [0.1, 0.15) is 19.3 Å². The van der Waals surface area contributed by atoms with Crippen LogP contribution in [-0.2, 0) is 4.79 Å². The summed E-state index contributed by atoms with van der Waals surface area (Å²) in [6.07, 6.45) is 2.07. The fourth-order valence-electron chi connectivity index (χ4n) is 5.80. The number of hydrogen-bond donors (Lipinski definition) is 0. The van der Waals surface area contributed by atoms with Crippen LogP contribution in [-0.4, -0.2) is 82.6 Å². The number of carbonyl (C=O) groups excluding carboxylic acids is 1. The Morgan fingerprint density at radius 3 is 2.81 bits per heavy atom. The Kier molecular flexibility index (Phi) is 7.70. The Morgan fingerprint density at radius 2 is 2.05 bits per heavy atom. The van der Waals surface area contributed by atoms with E-state index in [-0.39, 0.29) is 49.4 Å². The van der Waals surface area contributed by atoms with Gasteiger partial charge >= 0.3 is 6.01 Å². The van der Waals surface area contributed by atoms with Crippen LogP contribution in [0, 0.1) is 17.1 Å². The molecular weight excluding hydrogens is 560 g/mol. The van der Waals surface area contributed by atoms with Crippen LogP contribution in [0.5, 0.6) is 6.01 Å². The van der Waals surface area contributed by atoms with E-state index >= 15 is 4.39 Å². The molecule has 216 valence electrons. The predicted octanol–water partition coefficient (Wildman–Crippen LogP) is 4.93. The Balaban J connectivity index is 1.42. The van der Waals surface area contributed by atoms with Crippen molar-refractivity contribution in [2.45, 2.75) is 31.3 Å². The number of thiophene rings is 1. The summed E-state index contributed by atoms with van der Waals surface area (Å²) in [5, 5.41) is 12.7. The number of piperazine rings is 1. The summed E-state index contributed by atoms with van der Waals surface area (Å²) in [5.74, 6) is -2.06. The number of hydrogen-bond acceptors (Lipinski definition) is 9. The van der Waals surface area contributed by atoms with Crippen molar-refractivity contribution < 1.29 is 18.3 Å². The van der Waals surface area contributed by atoms with Crippen LogP contribution in [0.4, 0.5) is 14.6 Å². The fraction of sp³-hybridized carbons (Fsp3) is 0.367. The molecule has 12 heteroatoms. The molecule has 0 radical (unpaired) electrons. The van der Waals surface area contributed by atoms with Crippen LogP contribution in [0.3, 0.4) is 0 Å². The lowest BCUT2D eigenvalue weighted by molar-refractivity contribution is -0.131. The first-order valence-corrected chi connectivity index (χ1v) is 14.7. The molecule has 2 atom stereocenters. The minimum Gasteiger partial charge on any atom is -0.462 e. The first kappa shape index (κ1) is 27.9. The smallest absolute Gasteiger partial charge is 0.320 e. The maximum atomic E-state index is 15.8. The van der Waals surface area contributed by atoms with Crippen molar-refractivity contribution >= 4 is 44.2 Å². The van der Waals surface area contributed by atoms with Crippen molar-refractivity contribution in [2.24, 2.45) is 0 Å². The number of carbonyl (C=O) groups is 1. The number of pyridine rings is 1. The Bertz CT molecular complexity index is 1720. The third kappa shape index (κ3) is 5.26. The molecule has 0 spiro atoms. The van der Waals surface area contributed by atoms with Crippen LogP contribution in [0.2, 0.25) is 0 Å². The molecule has 0 bridgehead atoms. The molecule has 2 unspecified atom stereocenters. The van der Waals surface area contributed by atoms with Crippen LogP contribution in [0.15, 0.2) is 48.1 Å². The molecular formula is C30H29F2N7O2S. The van der Waals surface area contributed by atoms with E-state index in [4.69, 9.17) is 9.72 Å². The number of likely N-dealkylation sites (N-methyl/N-ethyl adjacent to an activating group) is 1. The van der Waals surface area contributed by atoms with Gasteiger partial charge in [-0.3, -0.25) is 4.79 Å². The number of nitrogens with zero attached hydrogens (tertiary/aromatic N) is 7. The molecule has 2 aliphatic heterocycles. The number of benzene rings is 1. The molecule has 5 heterocycles. The Hall–Kier alpha value is -4.21. The zero-order chi connectivity index (χ0) is 29.4. The highest BCUT2D eigenvalue weighted by atomic mass is 32.1. The SMILES string of the molecule is C=C(F)C(=O)N1CCN(c2nc(OCC3CCCN3C)nc3nc(-c4cccc5sccc45)c(F)cc23)CC1CC#N. The second kappa shape index (κ2) is 11.6. The number of amides is 1. The van der Waals surface area contributed by atoms with E-state index in [1.165, 1.54) is 11.0 Å². The van der Waals surface area contributed by atoms with Gasteiger partial charge in [0.25, 0.3) is 5.91 Å². The Labute approximate surface area is 245 Å². The van der Waals surface area contributed by atoms with Crippen molar-refractivity contribution in [3.63, 3.8) is 0 Å². The molecule has 2 saturated heterocycles. The van der Waals surface area contributed by atoms with Gasteiger partial charge in [-0.1, -0.05) is 18.7 Å². The van der Waals surface area contributed by atoms with Gasteiger partial charge in [0.05, 0.1) is 23.9 Å². The number of ether oxygens (including phenoxy) is 1. The number of nitriles is 1. The second-order valence-electron chi connectivity index (χ2n) is 10.6. The number of fused-ring (bicyclic) bond motifs is 2. The monoisotopic (exact) mass is 589 g/mol. The molecule has 9 nitrogen and oxygen atoms in total. The fourth-order valence-corrected chi connectivity index (χ4v) is 6.61. The Morgan fingerprint density at radius 1 is 1.19 bits per heavy atom. The molecule has 2 fully saturated rings. The van der Waals surface area contributed by atoms with Gasteiger partial charge in [0.2, 0.25) is 0 Å². The molecule has 42 heavy (non-hydrogen) atoms. The molecule has 0 N–H and O–H groups in total. The third-order valence-corrected chi connectivity index (χ3v) is 8.91. The molecule has 0 aliphatic carbocycles. The number of likely N-dealkylation sites (tertiary alicyclic amines) is 1. The second-order valence-corrected chi connectivity index (χ2v) is 11.6. The van der Waals surface area contributed by atoms with Crippen LogP contribution >= 0.6 is 11.3 Å². The van der Waals surface area contributed by atoms with E-state index in [0.717, 1.165) is 29.5 Å². The van der Waals surface area contributed by atoms with Gasteiger partial charge in [-0.15, -0.1) is 11.3 Å². The van der Waals surface area contributed by atoms with Crippen molar-refractivity contribution in [1.82, 2.24) is 24.8 Å². The van der Waals surface area contributed by atoms with Gasteiger partial charge in [0, 0.05) is 41.3 Å². The van der Waals surface area contributed by atoms with Gasteiger partial charge in [0.1, 0.15) is 23.9 Å². The van der Waals surface area contributed by atoms with Crippen LogP contribution < -0.4 is 9.64 Å². The molecule has 0 saturated carbocycles. The van der Waals surface area contributed by atoms with Gasteiger partial charge in [-0.05, 0) is 50.0 Å². The zero-order valence-electron chi connectivity index (χ0n) is 23.1. The molecule has 1 aromatic carbocycles. The summed E-state index contributed by atoms with van der Waals surface area (Å²) in [7, 11) is 2.05. The van der Waals surface area contributed by atoms with Crippen LogP contribution in [0.25, 0.3) is 32.4 Å². The molecule has 1 amide bonds. The summed E-state index contributed by atoms with van der Waals surface area (Å²) < 4.78 is 36.7. The van der Waals surface area contributed by atoms with E-state index in [0.29, 0.717) is 23.4 Å². The van der Waals surface area contributed by atoms with E-state index in [1.54, 1.807) is 11.3 Å². The number of anilines is 1. The average molecular weight is 590 g/mol. The lowest BCUT2D eigenvalue weighted by Crippen LogP contribution is -2.55. The number of halogens is 2. The summed E-state index contributed by atoms with van der Waals surface area (Å²) in [6.45, 7) is 5.10. The number of rotatable bonds is 7. The van der Waals surface area contributed by atoms with Crippen molar-refractivity contribution in [1.29, 1.82) is 5.26 Å². The maximum Gasteiger partial charge on any atom is 0.320 e. The molecule has 2 aliphatic rings. The predicted molar refractivity (Wildman–Crippen MR) is 157 cm³/mol. The van der Waals surface area contributed by atoms with E-state index in [1.807, 2.05) is 34.5 Å². The minimum absolute atomic E-state index is 0.0166. The van der Waals surface area contributed by atoms with Gasteiger partial charge in [0.15, 0.2) is 11.5 Å². The summed E-state index contributed by atoms with van der Waals surface area (Å²) >= 11 is 1.57. The summed E-state index contributed by atoms with van der Waals surface area (Å²) in [5.41, 5.74) is 1.11. The normalized spacial score (nSPS) is 19.4.